The van der Waals surface area contributed by atoms with Crippen LogP contribution in [0.15, 0.2) is 77.7 Å². The lowest BCUT2D eigenvalue weighted by Gasteiger charge is -2.10. The van der Waals surface area contributed by atoms with Gasteiger partial charge in [-0.1, -0.05) is 43.7 Å². The third-order valence-corrected chi connectivity index (χ3v) is 4.32. The molecule has 144 valence electrons. The molecule has 0 saturated heterocycles. The van der Waals surface area contributed by atoms with E-state index in [-0.39, 0.29) is 11.5 Å². The van der Waals surface area contributed by atoms with Gasteiger partial charge in [0.2, 0.25) is 0 Å². The molecule has 0 radical (unpaired) electrons. The third-order valence-electron chi connectivity index (χ3n) is 4.32. The van der Waals surface area contributed by atoms with Crippen LogP contribution < -0.4 is 15.6 Å². The Kier molecular flexibility index (Phi) is 6.63. The van der Waals surface area contributed by atoms with E-state index in [0.29, 0.717) is 24.4 Å². The summed E-state index contributed by atoms with van der Waals surface area (Å²) in [6, 6.07) is 19.9. The first-order chi connectivity index (χ1) is 13.7. The van der Waals surface area contributed by atoms with Crippen molar-refractivity contribution in [2.45, 2.75) is 26.3 Å². The number of carbonyl (C=O) groups is 1. The molecule has 0 atom stereocenters. The van der Waals surface area contributed by atoms with E-state index in [2.05, 4.69) is 12.2 Å². The summed E-state index contributed by atoms with van der Waals surface area (Å²) < 4.78 is 7.16. The maximum absolute atomic E-state index is 12.6. The van der Waals surface area contributed by atoms with E-state index in [1.807, 2.05) is 42.5 Å². The van der Waals surface area contributed by atoms with Gasteiger partial charge in [0.15, 0.2) is 0 Å². The van der Waals surface area contributed by atoms with Gasteiger partial charge in [-0.05, 0) is 42.3 Å². The van der Waals surface area contributed by atoms with Crippen LogP contribution in [0.2, 0.25) is 0 Å². The van der Waals surface area contributed by atoms with Gasteiger partial charge in [0.1, 0.15) is 5.75 Å². The molecule has 0 unspecified atom stereocenters. The van der Waals surface area contributed by atoms with Gasteiger partial charge in [-0.2, -0.15) is 0 Å². The fraction of sp³-hybridized carbons (Fsp3) is 0.217. The number of hydrogen-bond acceptors (Lipinski definition) is 3. The van der Waals surface area contributed by atoms with Crippen LogP contribution >= 0.6 is 0 Å². The average molecular weight is 376 g/mol. The van der Waals surface area contributed by atoms with Crippen LogP contribution in [0.4, 0.5) is 5.69 Å². The van der Waals surface area contributed by atoms with Crippen LogP contribution in [0.3, 0.4) is 0 Å². The molecule has 5 heteroatoms. The minimum atomic E-state index is -0.263. The Morgan fingerprint density at radius 1 is 1.00 bits per heavy atom. The summed E-state index contributed by atoms with van der Waals surface area (Å²) in [4.78, 5) is 24.7. The molecule has 0 fully saturated rings. The Hall–Kier alpha value is -3.34. The van der Waals surface area contributed by atoms with Crippen LogP contribution in [0.5, 0.6) is 5.75 Å². The van der Waals surface area contributed by atoms with Gasteiger partial charge in [-0.25, -0.2) is 0 Å². The van der Waals surface area contributed by atoms with Gasteiger partial charge >= 0.3 is 0 Å². The summed E-state index contributed by atoms with van der Waals surface area (Å²) >= 11 is 0. The zero-order valence-electron chi connectivity index (χ0n) is 15.9. The van der Waals surface area contributed by atoms with E-state index in [1.165, 1.54) is 10.6 Å². The van der Waals surface area contributed by atoms with E-state index in [4.69, 9.17) is 4.74 Å². The van der Waals surface area contributed by atoms with Crippen molar-refractivity contribution in [3.8, 4) is 5.75 Å². The number of rotatable bonds is 8. The standard InChI is InChI=1S/C23H24N2O3/c1-2-3-15-28-21-12-10-20(11-13-21)24-23(27)19-9-14-22(26)25(17-19)16-18-7-5-4-6-8-18/h4-14,17H,2-3,15-16H2,1H3,(H,24,27). The second kappa shape index (κ2) is 9.55. The number of nitrogens with one attached hydrogen (secondary N) is 1. The van der Waals surface area contributed by atoms with Crippen molar-refractivity contribution in [1.82, 2.24) is 4.57 Å². The maximum atomic E-state index is 12.6. The van der Waals surface area contributed by atoms with Crippen molar-refractivity contribution >= 4 is 11.6 Å². The summed E-state index contributed by atoms with van der Waals surface area (Å²) in [7, 11) is 0. The second-order valence-corrected chi connectivity index (χ2v) is 6.55. The van der Waals surface area contributed by atoms with E-state index in [1.54, 1.807) is 24.4 Å². The highest BCUT2D eigenvalue weighted by molar-refractivity contribution is 6.04. The molecule has 3 rings (SSSR count). The molecule has 28 heavy (non-hydrogen) atoms. The smallest absolute Gasteiger partial charge is 0.257 e. The number of benzene rings is 2. The summed E-state index contributed by atoms with van der Waals surface area (Å²) in [5.74, 6) is 0.518. The molecule has 1 heterocycles. The molecular formula is C23H24N2O3. The molecule has 5 nitrogen and oxygen atoms in total. The van der Waals surface area contributed by atoms with Crippen LogP contribution in [0, 0.1) is 0 Å². The molecule has 3 aromatic rings. The average Bonchev–Trinajstić information content (AvgIpc) is 2.72. The van der Waals surface area contributed by atoms with Crippen molar-refractivity contribution in [2.24, 2.45) is 0 Å². The van der Waals surface area contributed by atoms with Crippen molar-refractivity contribution < 1.29 is 9.53 Å². The molecular weight excluding hydrogens is 352 g/mol. The highest BCUT2D eigenvalue weighted by Gasteiger charge is 2.09. The van der Waals surface area contributed by atoms with Crippen molar-refractivity contribution in [1.29, 1.82) is 0 Å². The number of anilines is 1. The van der Waals surface area contributed by atoms with E-state index in [0.717, 1.165) is 24.2 Å². The van der Waals surface area contributed by atoms with Crippen LogP contribution in [0.25, 0.3) is 0 Å². The Morgan fingerprint density at radius 2 is 1.75 bits per heavy atom. The fourth-order valence-corrected chi connectivity index (χ4v) is 2.74. The Morgan fingerprint density at radius 3 is 2.46 bits per heavy atom. The monoisotopic (exact) mass is 376 g/mol. The van der Waals surface area contributed by atoms with E-state index >= 15 is 0 Å². The molecule has 0 aliphatic heterocycles. The highest BCUT2D eigenvalue weighted by Crippen LogP contribution is 2.17. The number of ether oxygens (including phenoxy) is 1. The predicted octanol–water partition coefficient (Wildman–Crippen LogP) is 4.33. The summed E-state index contributed by atoms with van der Waals surface area (Å²) in [5, 5.41) is 2.85. The molecule has 0 aliphatic rings. The first-order valence-corrected chi connectivity index (χ1v) is 9.44. The summed E-state index contributed by atoms with van der Waals surface area (Å²) in [6.45, 7) is 3.22. The lowest BCUT2D eigenvalue weighted by Crippen LogP contribution is -2.22. The lowest BCUT2D eigenvalue weighted by molar-refractivity contribution is 0.102. The zero-order chi connectivity index (χ0) is 19.8. The lowest BCUT2D eigenvalue weighted by atomic mass is 10.2. The summed E-state index contributed by atoms with van der Waals surface area (Å²) in [5.41, 5.74) is 1.96. The molecule has 0 spiro atoms. The molecule has 1 aromatic heterocycles. The Balaban J connectivity index is 1.67. The zero-order valence-corrected chi connectivity index (χ0v) is 15.9. The van der Waals surface area contributed by atoms with Gasteiger partial charge in [0, 0.05) is 18.0 Å². The highest BCUT2D eigenvalue weighted by atomic mass is 16.5. The molecule has 2 aromatic carbocycles. The first-order valence-electron chi connectivity index (χ1n) is 9.44. The van der Waals surface area contributed by atoms with Crippen molar-refractivity contribution in [2.75, 3.05) is 11.9 Å². The van der Waals surface area contributed by atoms with Crippen molar-refractivity contribution in [3.05, 3.63) is 94.4 Å². The largest absolute Gasteiger partial charge is 0.494 e. The molecule has 0 saturated carbocycles. The van der Waals surface area contributed by atoms with Crippen molar-refractivity contribution in [3.63, 3.8) is 0 Å². The van der Waals surface area contributed by atoms with E-state index < -0.39 is 0 Å². The summed E-state index contributed by atoms with van der Waals surface area (Å²) in [6.07, 6.45) is 3.69. The van der Waals surface area contributed by atoms with Gasteiger partial charge in [-0.15, -0.1) is 0 Å². The van der Waals surface area contributed by atoms with Gasteiger partial charge in [0.05, 0.1) is 18.7 Å². The number of unbranched alkanes of at least 4 members (excludes halogenated alkanes) is 1. The number of pyridine rings is 1. The van der Waals surface area contributed by atoms with Crippen LogP contribution in [-0.4, -0.2) is 17.1 Å². The minimum Gasteiger partial charge on any atom is -0.494 e. The number of aromatic nitrogens is 1. The number of hydrogen-bond donors (Lipinski definition) is 1. The van der Waals surface area contributed by atoms with Crippen LogP contribution in [0.1, 0.15) is 35.7 Å². The molecule has 0 bridgehead atoms. The van der Waals surface area contributed by atoms with Gasteiger partial charge in [0.25, 0.3) is 11.5 Å². The number of nitrogens with zero attached hydrogens (tertiary/aromatic N) is 1. The molecule has 0 aliphatic carbocycles. The quantitative estimate of drug-likeness (QED) is 0.595. The van der Waals surface area contributed by atoms with Gasteiger partial charge in [-0.3, -0.25) is 9.59 Å². The number of carbonyl (C=O) groups excluding carboxylic acids is 1. The normalized spacial score (nSPS) is 10.5. The van der Waals surface area contributed by atoms with Gasteiger partial charge < -0.3 is 14.6 Å². The van der Waals surface area contributed by atoms with Crippen LogP contribution in [-0.2, 0) is 6.54 Å². The number of amides is 1. The first kappa shape index (κ1) is 19.4. The molecule has 1 N–H and O–H groups in total. The Bertz CT molecular complexity index is 963. The Labute approximate surface area is 164 Å². The minimum absolute atomic E-state index is 0.144. The maximum Gasteiger partial charge on any atom is 0.257 e. The molecule has 1 amide bonds. The fourth-order valence-electron chi connectivity index (χ4n) is 2.74. The topological polar surface area (TPSA) is 60.3 Å². The SMILES string of the molecule is CCCCOc1ccc(NC(=O)c2ccc(=O)n(Cc3ccccc3)c2)cc1. The van der Waals surface area contributed by atoms with E-state index in [9.17, 15) is 9.59 Å². The predicted molar refractivity (Wildman–Crippen MR) is 111 cm³/mol. The second-order valence-electron chi connectivity index (χ2n) is 6.55. The third kappa shape index (κ3) is 5.33.